The second-order valence-electron chi connectivity index (χ2n) is 5.31. The lowest BCUT2D eigenvalue weighted by atomic mass is 10.2. The zero-order valence-corrected chi connectivity index (χ0v) is 11.6. The molecule has 0 fully saturated rings. The average molecular weight is 294 g/mol. The van der Waals surface area contributed by atoms with Crippen molar-refractivity contribution < 1.29 is 19.4 Å². The number of nitrogens with zero attached hydrogens (tertiary/aromatic N) is 1. The topological polar surface area (TPSA) is 137 Å². The van der Waals surface area contributed by atoms with Crippen LogP contribution in [-0.2, 0) is 4.74 Å². The number of carboxylic acids is 1. The van der Waals surface area contributed by atoms with Gasteiger partial charge in [-0.1, -0.05) is 0 Å². The number of carboxylic acid groups (broad SMARTS) is 1. The SMILES string of the molecule is CC(C)(C)OC(=O)Nc1n[nH]c2[nH]c(=O)c(C(=O)O)cc12. The quantitative estimate of drug-likeness (QED) is 0.658. The van der Waals surface area contributed by atoms with Crippen LogP contribution in [0, 0.1) is 0 Å². The number of carbonyl (C=O) groups is 2. The minimum absolute atomic E-state index is 0.0676. The van der Waals surface area contributed by atoms with Crippen molar-refractivity contribution in [2.45, 2.75) is 26.4 Å². The summed E-state index contributed by atoms with van der Waals surface area (Å²) < 4.78 is 5.07. The number of hydrogen-bond acceptors (Lipinski definition) is 5. The van der Waals surface area contributed by atoms with E-state index in [2.05, 4.69) is 20.5 Å². The Hall–Kier alpha value is -2.84. The molecular weight excluding hydrogens is 280 g/mol. The summed E-state index contributed by atoms with van der Waals surface area (Å²) in [5.41, 5.74) is -1.69. The highest BCUT2D eigenvalue weighted by Gasteiger charge is 2.19. The van der Waals surface area contributed by atoms with Gasteiger partial charge in [0.1, 0.15) is 16.8 Å². The predicted molar refractivity (Wildman–Crippen MR) is 73.5 cm³/mol. The first-order valence-corrected chi connectivity index (χ1v) is 6.02. The molecule has 0 aromatic carbocycles. The summed E-state index contributed by atoms with van der Waals surface area (Å²) in [4.78, 5) is 36.5. The van der Waals surface area contributed by atoms with Crippen LogP contribution >= 0.6 is 0 Å². The van der Waals surface area contributed by atoms with Crippen LogP contribution in [0.1, 0.15) is 31.1 Å². The molecular formula is C12H14N4O5. The number of fused-ring (bicyclic) bond motifs is 1. The zero-order chi connectivity index (χ0) is 15.8. The molecule has 0 aliphatic rings. The lowest BCUT2D eigenvalue weighted by Gasteiger charge is -2.19. The van der Waals surface area contributed by atoms with Crippen molar-refractivity contribution in [3.63, 3.8) is 0 Å². The molecule has 1 amide bonds. The minimum atomic E-state index is -1.37. The lowest BCUT2D eigenvalue weighted by Crippen LogP contribution is -2.27. The third-order valence-electron chi connectivity index (χ3n) is 2.43. The third-order valence-corrected chi connectivity index (χ3v) is 2.43. The van der Waals surface area contributed by atoms with Crippen molar-refractivity contribution in [2.24, 2.45) is 0 Å². The predicted octanol–water partition coefficient (Wildman–Crippen LogP) is 1.30. The van der Waals surface area contributed by atoms with Crippen LogP contribution in [0.3, 0.4) is 0 Å². The Bertz CT molecular complexity index is 768. The number of pyridine rings is 1. The fourth-order valence-electron chi connectivity index (χ4n) is 1.63. The molecule has 4 N–H and O–H groups in total. The van der Waals surface area contributed by atoms with Crippen molar-refractivity contribution in [1.82, 2.24) is 15.2 Å². The van der Waals surface area contributed by atoms with Crippen molar-refractivity contribution in [2.75, 3.05) is 5.32 Å². The van der Waals surface area contributed by atoms with Gasteiger partial charge in [0.15, 0.2) is 5.82 Å². The maximum atomic E-state index is 11.7. The molecule has 0 aliphatic carbocycles. The number of anilines is 1. The van der Waals surface area contributed by atoms with Crippen LogP contribution in [0.25, 0.3) is 11.0 Å². The van der Waals surface area contributed by atoms with E-state index in [9.17, 15) is 14.4 Å². The van der Waals surface area contributed by atoms with Gasteiger partial charge >= 0.3 is 12.1 Å². The molecule has 0 spiro atoms. The molecule has 2 rings (SSSR count). The number of nitrogens with one attached hydrogen (secondary N) is 3. The summed E-state index contributed by atoms with van der Waals surface area (Å²) in [5, 5.41) is 17.9. The summed E-state index contributed by atoms with van der Waals surface area (Å²) in [6, 6.07) is 1.13. The highest BCUT2D eigenvalue weighted by Crippen LogP contribution is 2.19. The molecule has 0 bridgehead atoms. The first-order chi connectivity index (χ1) is 9.67. The Morgan fingerprint density at radius 3 is 2.62 bits per heavy atom. The molecule has 0 unspecified atom stereocenters. The monoisotopic (exact) mass is 294 g/mol. The van der Waals surface area contributed by atoms with Crippen LogP contribution in [0.5, 0.6) is 0 Å². The van der Waals surface area contributed by atoms with E-state index < -0.39 is 28.8 Å². The number of H-pyrrole nitrogens is 2. The number of aromatic nitrogens is 3. The molecule has 9 nitrogen and oxygen atoms in total. The maximum Gasteiger partial charge on any atom is 0.413 e. The number of carbonyl (C=O) groups excluding carboxylic acids is 1. The molecule has 0 aliphatic heterocycles. The van der Waals surface area contributed by atoms with E-state index >= 15 is 0 Å². The number of aromatic carboxylic acids is 1. The fraction of sp³-hybridized carbons (Fsp3) is 0.333. The van der Waals surface area contributed by atoms with E-state index in [0.717, 1.165) is 6.07 Å². The summed E-state index contributed by atoms with van der Waals surface area (Å²) in [5.74, 6) is -1.31. The minimum Gasteiger partial charge on any atom is -0.477 e. The molecule has 21 heavy (non-hydrogen) atoms. The Balaban J connectivity index is 2.37. The molecule has 0 saturated heterocycles. The number of hydrogen-bond donors (Lipinski definition) is 4. The number of aromatic amines is 2. The number of amides is 1. The Morgan fingerprint density at radius 1 is 1.38 bits per heavy atom. The molecule has 112 valence electrons. The van der Waals surface area contributed by atoms with Gasteiger partial charge in [0.05, 0.1) is 5.39 Å². The summed E-state index contributed by atoms with van der Waals surface area (Å²) >= 11 is 0. The first kappa shape index (κ1) is 14.6. The Labute approximate surface area is 118 Å². The van der Waals surface area contributed by atoms with Gasteiger partial charge in [-0.2, -0.15) is 5.10 Å². The second kappa shape index (κ2) is 4.93. The Morgan fingerprint density at radius 2 is 2.05 bits per heavy atom. The van der Waals surface area contributed by atoms with Gasteiger partial charge < -0.3 is 14.8 Å². The molecule has 2 aromatic rings. The largest absolute Gasteiger partial charge is 0.477 e. The van der Waals surface area contributed by atoms with Crippen molar-refractivity contribution in [3.8, 4) is 0 Å². The van der Waals surface area contributed by atoms with E-state index in [4.69, 9.17) is 9.84 Å². The van der Waals surface area contributed by atoms with E-state index in [1.54, 1.807) is 20.8 Å². The van der Waals surface area contributed by atoms with E-state index in [1.807, 2.05) is 0 Å². The van der Waals surface area contributed by atoms with Gasteiger partial charge in [-0.15, -0.1) is 0 Å². The van der Waals surface area contributed by atoms with Crippen LogP contribution in [0.4, 0.5) is 10.6 Å². The van der Waals surface area contributed by atoms with Crippen LogP contribution in [0.2, 0.25) is 0 Å². The van der Waals surface area contributed by atoms with E-state index in [0.29, 0.717) is 0 Å². The van der Waals surface area contributed by atoms with Crippen molar-refractivity contribution in [3.05, 3.63) is 22.0 Å². The maximum absolute atomic E-state index is 11.7. The lowest BCUT2D eigenvalue weighted by molar-refractivity contribution is 0.0633. The highest BCUT2D eigenvalue weighted by molar-refractivity contribution is 5.99. The van der Waals surface area contributed by atoms with Gasteiger partial charge in [0.25, 0.3) is 5.56 Å². The van der Waals surface area contributed by atoms with Gasteiger partial charge in [-0.05, 0) is 26.8 Å². The van der Waals surface area contributed by atoms with Crippen LogP contribution in [0.15, 0.2) is 10.9 Å². The molecule has 0 saturated carbocycles. The number of ether oxygens (including phenoxy) is 1. The Kier molecular flexibility index (Phi) is 3.42. The average Bonchev–Trinajstić information content (AvgIpc) is 2.67. The summed E-state index contributed by atoms with van der Waals surface area (Å²) in [7, 11) is 0. The van der Waals surface area contributed by atoms with Gasteiger partial charge in [-0.3, -0.25) is 15.2 Å². The molecule has 2 heterocycles. The van der Waals surface area contributed by atoms with Gasteiger partial charge in [-0.25, -0.2) is 9.59 Å². The summed E-state index contributed by atoms with van der Waals surface area (Å²) in [6.45, 7) is 5.11. The van der Waals surface area contributed by atoms with Gasteiger partial charge in [0, 0.05) is 0 Å². The van der Waals surface area contributed by atoms with Crippen molar-refractivity contribution in [1.29, 1.82) is 0 Å². The standard InChI is InChI=1S/C12H14N4O5/c1-12(2,3)21-11(20)14-8-5-4-6(10(18)19)9(17)13-7(5)15-16-8/h4H,1-3H3,(H,18,19)(H3,13,14,15,16,17,20). The number of rotatable bonds is 2. The molecule has 9 heteroatoms. The van der Waals surface area contributed by atoms with Crippen molar-refractivity contribution >= 4 is 28.9 Å². The third kappa shape index (κ3) is 3.19. The summed E-state index contributed by atoms with van der Waals surface area (Å²) in [6.07, 6.45) is -0.737. The normalized spacial score (nSPS) is 11.4. The zero-order valence-electron chi connectivity index (χ0n) is 11.6. The van der Waals surface area contributed by atoms with Gasteiger partial charge in [0.2, 0.25) is 0 Å². The molecule has 2 aromatic heterocycles. The fourth-order valence-corrected chi connectivity index (χ4v) is 1.63. The van der Waals surface area contributed by atoms with E-state index in [1.165, 1.54) is 0 Å². The highest BCUT2D eigenvalue weighted by atomic mass is 16.6. The first-order valence-electron chi connectivity index (χ1n) is 6.02. The second-order valence-corrected chi connectivity index (χ2v) is 5.31. The van der Waals surface area contributed by atoms with Crippen LogP contribution < -0.4 is 10.9 Å². The van der Waals surface area contributed by atoms with Crippen LogP contribution in [-0.4, -0.2) is 38.0 Å². The smallest absolute Gasteiger partial charge is 0.413 e. The molecule has 0 radical (unpaired) electrons. The van der Waals surface area contributed by atoms with E-state index in [-0.39, 0.29) is 16.9 Å². The molecule has 0 atom stereocenters.